The fourth-order valence-electron chi connectivity index (χ4n) is 2.41. The molecule has 0 radical (unpaired) electrons. The highest BCUT2D eigenvalue weighted by Crippen LogP contribution is 2.33. The molecule has 0 bridgehead atoms. The van der Waals surface area contributed by atoms with E-state index < -0.39 is 35.0 Å². The van der Waals surface area contributed by atoms with E-state index in [0.717, 1.165) is 10.9 Å². The molecule has 0 aliphatic carbocycles. The Morgan fingerprint density at radius 3 is 2.26 bits per heavy atom. The molecular formula is C17H8ClF5N2O2. The number of rotatable bonds is 3. The summed E-state index contributed by atoms with van der Waals surface area (Å²) in [7, 11) is 0. The standard InChI is InChI=1S/C17H8ClF5N2O2/c18-12-2-1-8(3-11(12)16(26)27)9-6-24-25(7-9)15-13(19)4-10(5-14(15)20)17(21,22)23/h1-7H,(H,26,27). The number of carbonyl (C=O) groups is 1. The Labute approximate surface area is 153 Å². The summed E-state index contributed by atoms with van der Waals surface area (Å²) in [5, 5.41) is 12.8. The largest absolute Gasteiger partial charge is 0.478 e. The molecule has 1 N–H and O–H groups in total. The van der Waals surface area contributed by atoms with Crippen molar-refractivity contribution in [2.45, 2.75) is 6.18 Å². The molecule has 27 heavy (non-hydrogen) atoms. The predicted octanol–water partition coefficient (Wildman–Crippen LogP) is 5.19. The summed E-state index contributed by atoms with van der Waals surface area (Å²) in [4.78, 5) is 11.1. The molecule has 10 heteroatoms. The van der Waals surface area contributed by atoms with Gasteiger partial charge in [-0.3, -0.25) is 0 Å². The van der Waals surface area contributed by atoms with E-state index in [9.17, 15) is 26.7 Å². The molecule has 0 spiro atoms. The van der Waals surface area contributed by atoms with Gasteiger partial charge in [0.05, 0.1) is 22.3 Å². The molecule has 3 rings (SSSR count). The topological polar surface area (TPSA) is 55.1 Å². The minimum atomic E-state index is -4.90. The number of halogens is 6. The van der Waals surface area contributed by atoms with Crippen LogP contribution in [-0.2, 0) is 6.18 Å². The molecule has 0 unspecified atom stereocenters. The van der Waals surface area contributed by atoms with Gasteiger partial charge in [-0.2, -0.15) is 18.3 Å². The SMILES string of the molecule is O=C(O)c1cc(-c2cnn(-c3c(F)cc(C(F)(F)F)cc3F)c2)ccc1Cl. The lowest BCUT2D eigenvalue weighted by atomic mass is 10.1. The summed E-state index contributed by atoms with van der Waals surface area (Å²) in [6.45, 7) is 0. The molecule has 1 aromatic heterocycles. The fraction of sp³-hybridized carbons (Fsp3) is 0.0588. The van der Waals surface area contributed by atoms with Crippen LogP contribution in [0.4, 0.5) is 22.0 Å². The van der Waals surface area contributed by atoms with Gasteiger partial charge in [-0.05, 0) is 29.8 Å². The third kappa shape index (κ3) is 3.63. The van der Waals surface area contributed by atoms with Crippen LogP contribution in [0, 0.1) is 11.6 Å². The third-order valence-corrected chi connectivity index (χ3v) is 4.02. The first-order valence-corrected chi connectivity index (χ1v) is 7.60. The minimum absolute atomic E-state index is 0.00142. The average molecular weight is 403 g/mol. The Morgan fingerprint density at radius 1 is 1.07 bits per heavy atom. The summed E-state index contributed by atoms with van der Waals surface area (Å²) in [6.07, 6.45) is -2.55. The van der Waals surface area contributed by atoms with E-state index in [1.165, 1.54) is 24.4 Å². The van der Waals surface area contributed by atoms with Crippen LogP contribution >= 0.6 is 11.6 Å². The number of carboxylic acids is 1. The molecule has 0 saturated heterocycles. The van der Waals surface area contributed by atoms with Gasteiger partial charge in [0, 0.05) is 11.8 Å². The zero-order valence-electron chi connectivity index (χ0n) is 13.1. The van der Waals surface area contributed by atoms with Crippen molar-refractivity contribution < 1.29 is 31.9 Å². The van der Waals surface area contributed by atoms with E-state index in [4.69, 9.17) is 16.7 Å². The van der Waals surface area contributed by atoms with Gasteiger partial charge in [0.1, 0.15) is 5.69 Å². The summed E-state index contributed by atoms with van der Waals surface area (Å²) < 4.78 is 66.7. The maximum Gasteiger partial charge on any atom is 0.416 e. The van der Waals surface area contributed by atoms with Gasteiger partial charge >= 0.3 is 12.1 Å². The van der Waals surface area contributed by atoms with Crippen molar-refractivity contribution in [3.8, 4) is 16.8 Å². The van der Waals surface area contributed by atoms with Crippen LogP contribution in [0.5, 0.6) is 0 Å². The maximum absolute atomic E-state index is 14.1. The van der Waals surface area contributed by atoms with Crippen LogP contribution in [-0.4, -0.2) is 20.9 Å². The van der Waals surface area contributed by atoms with Crippen molar-refractivity contribution in [2.75, 3.05) is 0 Å². The lowest BCUT2D eigenvalue weighted by Crippen LogP contribution is -2.09. The van der Waals surface area contributed by atoms with Crippen molar-refractivity contribution in [3.05, 3.63) is 70.5 Å². The van der Waals surface area contributed by atoms with E-state index in [1.54, 1.807) is 0 Å². The van der Waals surface area contributed by atoms with Gasteiger partial charge in [0.15, 0.2) is 11.6 Å². The number of carboxylic acid groups (broad SMARTS) is 1. The van der Waals surface area contributed by atoms with Crippen LogP contribution in [0.2, 0.25) is 5.02 Å². The Balaban J connectivity index is 2.05. The Kier molecular flexibility index (Phi) is 4.64. The second-order valence-electron chi connectivity index (χ2n) is 5.46. The van der Waals surface area contributed by atoms with Crippen molar-refractivity contribution in [1.82, 2.24) is 9.78 Å². The smallest absolute Gasteiger partial charge is 0.416 e. The Morgan fingerprint density at radius 2 is 1.70 bits per heavy atom. The van der Waals surface area contributed by atoms with Gasteiger partial charge in [0.2, 0.25) is 0 Å². The van der Waals surface area contributed by atoms with E-state index in [1.807, 2.05) is 0 Å². The van der Waals surface area contributed by atoms with Crippen LogP contribution in [0.1, 0.15) is 15.9 Å². The van der Waals surface area contributed by atoms with E-state index in [-0.39, 0.29) is 28.3 Å². The molecular weight excluding hydrogens is 395 g/mol. The van der Waals surface area contributed by atoms with Crippen LogP contribution in [0.25, 0.3) is 16.8 Å². The number of aromatic carboxylic acids is 1. The third-order valence-electron chi connectivity index (χ3n) is 3.69. The van der Waals surface area contributed by atoms with Crippen molar-refractivity contribution >= 4 is 17.6 Å². The van der Waals surface area contributed by atoms with Crippen molar-refractivity contribution in [3.63, 3.8) is 0 Å². The zero-order chi connectivity index (χ0) is 19.9. The van der Waals surface area contributed by atoms with E-state index in [0.29, 0.717) is 5.56 Å². The first-order valence-electron chi connectivity index (χ1n) is 7.22. The van der Waals surface area contributed by atoms with Crippen molar-refractivity contribution in [1.29, 1.82) is 0 Å². The summed E-state index contributed by atoms with van der Waals surface area (Å²) in [5.74, 6) is -4.16. The molecule has 1 heterocycles. The molecule has 0 amide bonds. The van der Waals surface area contributed by atoms with Crippen LogP contribution in [0.3, 0.4) is 0 Å². The molecule has 0 aliphatic heterocycles. The van der Waals surface area contributed by atoms with Crippen LogP contribution < -0.4 is 0 Å². The summed E-state index contributed by atoms with van der Waals surface area (Å²) in [5.41, 5.74) is -1.81. The Bertz CT molecular complexity index is 1020. The monoisotopic (exact) mass is 402 g/mol. The van der Waals surface area contributed by atoms with Crippen LogP contribution in [0.15, 0.2) is 42.7 Å². The highest BCUT2D eigenvalue weighted by molar-refractivity contribution is 6.33. The predicted molar refractivity (Wildman–Crippen MR) is 85.9 cm³/mol. The molecule has 0 fully saturated rings. The first kappa shape index (κ1) is 18.8. The number of alkyl halides is 3. The molecule has 4 nitrogen and oxygen atoms in total. The molecule has 3 aromatic rings. The molecule has 0 aliphatic rings. The fourth-order valence-corrected chi connectivity index (χ4v) is 2.61. The lowest BCUT2D eigenvalue weighted by Gasteiger charge is -2.10. The van der Waals surface area contributed by atoms with E-state index >= 15 is 0 Å². The molecule has 0 saturated carbocycles. The quantitative estimate of drug-likeness (QED) is 0.614. The van der Waals surface area contributed by atoms with Gasteiger partial charge in [-0.25, -0.2) is 18.3 Å². The lowest BCUT2D eigenvalue weighted by molar-refractivity contribution is -0.138. The number of hydrogen-bond acceptors (Lipinski definition) is 2. The molecule has 140 valence electrons. The van der Waals surface area contributed by atoms with Gasteiger partial charge in [-0.1, -0.05) is 17.7 Å². The normalized spacial score (nSPS) is 11.6. The maximum atomic E-state index is 14.1. The Hall–Kier alpha value is -2.94. The van der Waals surface area contributed by atoms with Gasteiger partial charge in [-0.15, -0.1) is 0 Å². The first-order chi connectivity index (χ1) is 12.6. The van der Waals surface area contributed by atoms with Crippen molar-refractivity contribution in [2.24, 2.45) is 0 Å². The van der Waals surface area contributed by atoms with Gasteiger partial charge < -0.3 is 5.11 Å². The second kappa shape index (κ2) is 6.66. The molecule has 0 atom stereocenters. The molecule has 2 aromatic carbocycles. The highest BCUT2D eigenvalue weighted by Gasteiger charge is 2.33. The summed E-state index contributed by atoms with van der Waals surface area (Å²) in [6, 6.07) is 4.38. The zero-order valence-corrected chi connectivity index (χ0v) is 13.8. The number of nitrogens with zero attached hydrogens (tertiary/aromatic N) is 2. The number of hydrogen-bond donors (Lipinski definition) is 1. The number of benzene rings is 2. The number of aromatic nitrogens is 2. The van der Waals surface area contributed by atoms with Gasteiger partial charge in [0.25, 0.3) is 0 Å². The minimum Gasteiger partial charge on any atom is -0.478 e. The van der Waals surface area contributed by atoms with E-state index in [2.05, 4.69) is 5.10 Å². The summed E-state index contributed by atoms with van der Waals surface area (Å²) >= 11 is 5.78. The second-order valence-corrected chi connectivity index (χ2v) is 5.87. The average Bonchev–Trinajstić information content (AvgIpc) is 3.03. The highest BCUT2D eigenvalue weighted by atomic mass is 35.5.